The van der Waals surface area contributed by atoms with Crippen LogP contribution in [0, 0.1) is 12.7 Å². The van der Waals surface area contributed by atoms with E-state index < -0.39 is 0 Å². The van der Waals surface area contributed by atoms with Crippen LogP contribution in [0.25, 0.3) is 6.08 Å². The molecule has 3 nitrogen and oxygen atoms in total. The Labute approximate surface area is 132 Å². The number of hydrogen-bond donors (Lipinski definition) is 1. The topological polar surface area (TPSA) is 41.5 Å². The first-order chi connectivity index (χ1) is 10.6. The summed E-state index contributed by atoms with van der Waals surface area (Å²) >= 11 is 1.21. The second kappa shape index (κ2) is 6.15. The van der Waals surface area contributed by atoms with E-state index in [1.807, 2.05) is 31.2 Å². The third kappa shape index (κ3) is 3.26. The first-order valence-corrected chi connectivity index (χ1v) is 7.54. The average molecular weight is 312 g/mol. The fourth-order valence-electron chi connectivity index (χ4n) is 2.03. The summed E-state index contributed by atoms with van der Waals surface area (Å²) in [5.74, 6) is -0.618. The van der Waals surface area contributed by atoms with E-state index in [2.05, 4.69) is 10.3 Å². The highest BCUT2D eigenvalue weighted by atomic mass is 32.2. The highest BCUT2D eigenvalue weighted by Gasteiger charge is 2.24. The minimum Gasteiger partial charge on any atom is -0.300 e. The number of aliphatic imine (C=N–C) groups is 1. The van der Waals surface area contributed by atoms with Crippen molar-refractivity contribution in [2.45, 2.75) is 6.92 Å². The van der Waals surface area contributed by atoms with E-state index in [9.17, 15) is 9.18 Å². The molecule has 1 saturated heterocycles. The summed E-state index contributed by atoms with van der Waals surface area (Å²) in [6.07, 6.45) is 1.54. The fourth-order valence-corrected chi connectivity index (χ4v) is 2.86. The van der Waals surface area contributed by atoms with Gasteiger partial charge in [-0.25, -0.2) is 9.38 Å². The number of nitrogens with one attached hydrogen (secondary N) is 1. The Kier molecular flexibility index (Phi) is 4.06. The molecule has 1 fully saturated rings. The van der Waals surface area contributed by atoms with Gasteiger partial charge in [-0.3, -0.25) is 4.79 Å². The van der Waals surface area contributed by atoms with Crippen LogP contribution >= 0.6 is 11.8 Å². The molecule has 1 aliphatic rings. The zero-order valence-electron chi connectivity index (χ0n) is 11.8. The van der Waals surface area contributed by atoms with Gasteiger partial charge < -0.3 is 5.32 Å². The van der Waals surface area contributed by atoms with Crippen LogP contribution in [0.5, 0.6) is 0 Å². The van der Waals surface area contributed by atoms with E-state index >= 15 is 0 Å². The largest absolute Gasteiger partial charge is 0.300 e. The van der Waals surface area contributed by atoms with E-state index in [4.69, 9.17) is 0 Å². The minimum atomic E-state index is -0.354. The zero-order valence-corrected chi connectivity index (χ0v) is 12.7. The number of hydrogen-bond acceptors (Lipinski definition) is 3. The Bertz CT molecular complexity index is 799. The van der Waals surface area contributed by atoms with Crippen LogP contribution in [0.15, 0.2) is 58.4 Å². The molecule has 110 valence electrons. The number of amidine groups is 1. The van der Waals surface area contributed by atoms with Gasteiger partial charge in [-0.05, 0) is 48.5 Å². The van der Waals surface area contributed by atoms with Gasteiger partial charge in [0.25, 0.3) is 5.91 Å². The van der Waals surface area contributed by atoms with Crippen molar-refractivity contribution < 1.29 is 9.18 Å². The van der Waals surface area contributed by atoms with Crippen molar-refractivity contribution in [3.63, 3.8) is 0 Å². The van der Waals surface area contributed by atoms with Gasteiger partial charge in [0.2, 0.25) is 0 Å². The summed E-state index contributed by atoms with van der Waals surface area (Å²) in [5.41, 5.74) is 2.25. The summed E-state index contributed by atoms with van der Waals surface area (Å²) in [6.45, 7) is 1.98. The van der Waals surface area contributed by atoms with Crippen molar-refractivity contribution >= 4 is 34.6 Å². The molecule has 0 aromatic heterocycles. The second-order valence-corrected chi connectivity index (χ2v) is 5.87. The van der Waals surface area contributed by atoms with Crippen LogP contribution in [0.4, 0.5) is 10.1 Å². The van der Waals surface area contributed by atoms with Gasteiger partial charge in [-0.2, -0.15) is 0 Å². The van der Waals surface area contributed by atoms with Gasteiger partial charge in [0, 0.05) is 5.56 Å². The molecule has 1 N–H and O–H groups in total. The van der Waals surface area contributed by atoms with Crippen LogP contribution < -0.4 is 5.32 Å². The molecular weight excluding hydrogens is 299 g/mol. The normalized spacial score (nSPS) is 18.0. The number of amides is 1. The van der Waals surface area contributed by atoms with Crippen LogP contribution in [0.3, 0.4) is 0 Å². The average Bonchev–Trinajstić information content (AvgIpc) is 2.81. The Morgan fingerprint density at radius 3 is 2.77 bits per heavy atom. The SMILES string of the molecule is Cc1cccc(N=C2NC(=O)/C(=C\c3ccccc3F)S2)c1. The predicted octanol–water partition coefficient (Wildman–Crippen LogP) is 4.03. The number of benzene rings is 2. The molecule has 1 aliphatic heterocycles. The van der Waals surface area contributed by atoms with Gasteiger partial charge in [0.05, 0.1) is 10.6 Å². The van der Waals surface area contributed by atoms with Crippen LogP contribution in [0.1, 0.15) is 11.1 Å². The van der Waals surface area contributed by atoms with E-state index in [-0.39, 0.29) is 11.7 Å². The van der Waals surface area contributed by atoms with Gasteiger partial charge in [-0.15, -0.1) is 0 Å². The molecule has 2 aromatic rings. The first kappa shape index (κ1) is 14.5. The molecule has 0 aliphatic carbocycles. The highest BCUT2D eigenvalue weighted by Crippen LogP contribution is 2.28. The Morgan fingerprint density at radius 2 is 2.00 bits per heavy atom. The van der Waals surface area contributed by atoms with Crippen LogP contribution in [0.2, 0.25) is 0 Å². The van der Waals surface area contributed by atoms with Gasteiger partial charge in [0.1, 0.15) is 5.82 Å². The third-order valence-corrected chi connectivity index (χ3v) is 3.98. The summed E-state index contributed by atoms with van der Waals surface area (Å²) in [5, 5.41) is 3.19. The van der Waals surface area contributed by atoms with Crippen molar-refractivity contribution in [1.29, 1.82) is 0 Å². The van der Waals surface area contributed by atoms with Crippen molar-refractivity contribution in [3.05, 3.63) is 70.4 Å². The molecule has 0 spiro atoms. The number of halogens is 1. The molecule has 1 amide bonds. The maximum Gasteiger partial charge on any atom is 0.264 e. The molecule has 1 heterocycles. The zero-order chi connectivity index (χ0) is 15.5. The lowest BCUT2D eigenvalue weighted by Crippen LogP contribution is -2.19. The van der Waals surface area contributed by atoms with Crippen LogP contribution in [-0.4, -0.2) is 11.1 Å². The van der Waals surface area contributed by atoms with Gasteiger partial charge in [-0.1, -0.05) is 30.3 Å². The van der Waals surface area contributed by atoms with Gasteiger partial charge >= 0.3 is 0 Å². The monoisotopic (exact) mass is 312 g/mol. The molecule has 3 rings (SSSR count). The van der Waals surface area contributed by atoms with E-state index in [1.165, 1.54) is 23.9 Å². The van der Waals surface area contributed by atoms with Crippen molar-refractivity contribution in [1.82, 2.24) is 5.32 Å². The molecule has 0 radical (unpaired) electrons. The maximum atomic E-state index is 13.6. The summed E-state index contributed by atoms with van der Waals surface area (Å²) in [7, 11) is 0. The van der Waals surface area contributed by atoms with Crippen molar-refractivity contribution in [2.75, 3.05) is 0 Å². The third-order valence-electron chi connectivity index (χ3n) is 3.08. The molecule has 5 heteroatoms. The first-order valence-electron chi connectivity index (χ1n) is 6.72. The number of carbonyl (C=O) groups is 1. The molecule has 2 aromatic carbocycles. The van der Waals surface area contributed by atoms with Crippen molar-refractivity contribution in [3.8, 4) is 0 Å². The number of nitrogens with zero attached hydrogens (tertiary/aromatic N) is 1. The highest BCUT2D eigenvalue weighted by molar-refractivity contribution is 8.18. The van der Waals surface area contributed by atoms with E-state index in [0.29, 0.717) is 15.6 Å². The molecule has 0 unspecified atom stereocenters. The van der Waals surface area contributed by atoms with Crippen LogP contribution in [-0.2, 0) is 4.79 Å². The molecule has 0 bridgehead atoms. The fraction of sp³-hybridized carbons (Fsp3) is 0.0588. The quantitative estimate of drug-likeness (QED) is 0.851. The number of rotatable bonds is 2. The minimum absolute atomic E-state index is 0.264. The lowest BCUT2D eigenvalue weighted by molar-refractivity contribution is -0.115. The molecule has 22 heavy (non-hydrogen) atoms. The number of aryl methyl sites for hydroxylation is 1. The second-order valence-electron chi connectivity index (χ2n) is 4.84. The summed E-state index contributed by atoms with van der Waals surface area (Å²) in [6, 6.07) is 14.0. The Balaban J connectivity index is 1.86. The van der Waals surface area contributed by atoms with Crippen molar-refractivity contribution in [2.24, 2.45) is 4.99 Å². The number of thioether (sulfide) groups is 1. The summed E-state index contributed by atoms with van der Waals surface area (Å²) < 4.78 is 13.6. The lowest BCUT2D eigenvalue weighted by atomic mass is 10.2. The van der Waals surface area contributed by atoms with Gasteiger partial charge in [0.15, 0.2) is 5.17 Å². The van der Waals surface area contributed by atoms with E-state index in [1.54, 1.807) is 18.2 Å². The predicted molar refractivity (Wildman–Crippen MR) is 88.4 cm³/mol. The Morgan fingerprint density at radius 1 is 1.18 bits per heavy atom. The molecular formula is C17H13FN2OS. The Hall–Kier alpha value is -2.40. The molecule has 0 atom stereocenters. The smallest absolute Gasteiger partial charge is 0.264 e. The van der Waals surface area contributed by atoms with E-state index in [0.717, 1.165) is 11.3 Å². The standard InChI is InChI=1S/C17H13FN2OS/c1-11-5-4-7-13(9-11)19-17-20-16(21)15(22-17)10-12-6-2-3-8-14(12)18/h2-10H,1H3,(H,19,20,21)/b15-10+. The lowest BCUT2D eigenvalue weighted by Gasteiger charge is -1.97. The maximum absolute atomic E-state index is 13.6. The summed E-state index contributed by atoms with van der Waals surface area (Å²) in [4.78, 5) is 16.8. The number of carbonyl (C=O) groups excluding carboxylic acids is 1. The molecule has 0 saturated carbocycles.